The first-order chi connectivity index (χ1) is 6.93. The fourth-order valence-electron chi connectivity index (χ4n) is 1.35. The minimum absolute atomic E-state index is 0.132. The largest absolute Gasteiger partial charge is 0.355 e. The van der Waals surface area contributed by atoms with Crippen molar-refractivity contribution in [3.8, 4) is 0 Å². The van der Waals surface area contributed by atoms with Crippen LogP contribution >= 0.6 is 24.4 Å². The van der Waals surface area contributed by atoms with Gasteiger partial charge in [0.25, 0.3) is 0 Å². The molecule has 0 aliphatic heterocycles. The molecule has 0 aromatic heterocycles. The standard InChI is InChI=1S/C11H21NOS2/c1-10(2,15-3)7-12-9(13)6-11(8-14)4-5-11/h14H,4-8H2,1-3H3,(H,12,13). The molecular formula is C11H21NOS2. The number of hydrogen-bond donors (Lipinski definition) is 2. The molecule has 0 atom stereocenters. The van der Waals surface area contributed by atoms with Crippen LogP contribution in [0.2, 0.25) is 0 Å². The monoisotopic (exact) mass is 247 g/mol. The van der Waals surface area contributed by atoms with Crippen LogP contribution < -0.4 is 5.32 Å². The van der Waals surface area contributed by atoms with Crippen molar-refractivity contribution in [1.29, 1.82) is 0 Å². The van der Waals surface area contributed by atoms with E-state index in [9.17, 15) is 4.79 Å². The van der Waals surface area contributed by atoms with Gasteiger partial charge in [0.2, 0.25) is 5.91 Å². The van der Waals surface area contributed by atoms with E-state index in [0.717, 1.165) is 25.1 Å². The van der Waals surface area contributed by atoms with Crippen LogP contribution in [-0.4, -0.2) is 29.2 Å². The zero-order valence-corrected chi connectivity index (χ0v) is 11.5. The fourth-order valence-corrected chi connectivity index (χ4v) is 2.00. The third-order valence-electron chi connectivity index (χ3n) is 3.09. The molecular weight excluding hydrogens is 226 g/mol. The molecule has 1 N–H and O–H groups in total. The summed E-state index contributed by atoms with van der Waals surface area (Å²) in [6, 6.07) is 0. The number of hydrogen-bond acceptors (Lipinski definition) is 3. The number of carbonyl (C=O) groups excluding carboxylic acids is 1. The van der Waals surface area contributed by atoms with Crippen molar-refractivity contribution >= 4 is 30.3 Å². The summed E-state index contributed by atoms with van der Waals surface area (Å²) in [5.74, 6) is 1.02. The summed E-state index contributed by atoms with van der Waals surface area (Å²) >= 11 is 6.08. The summed E-state index contributed by atoms with van der Waals surface area (Å²) < 4.78 is 0.132. The number of thioether (sulfide) groups is 1. The van der Waals surface area contributed by atoms with Gasteiger partial charge < -0.3 is 5.32 Å². The van der Waals surface area contributed by atoms with Crippen LogP contribution in [0.25, 0.3) is 0 Å². The highest BCUT2D eigenvalue weighted by Crippen LogP contribution is 2.49. The maximum absolute atomic E-state index is 11.7. The number of thiol groups is 1. The molecule has 0 heterocycles. The molecule has 1 fully saturated rings. The summed E-state index contributed by atoms with van der Waals surface area (Å²) in [5, 5.41) is 3.01. The van der Waals surface area contributed by atoms with Gasteiger partial charge in [-0.1, -0.05) is 0 Å². The number of carbonyl (C=O) groups is 1. The van der Waals surface area contributed by atoms with Gasteiger partial charge in [0, 0.05) is 17.7 Å². The second-order valence-electron chi connectivity index (χ2n) is 5.08. The highest BCUT2D eigenvalue weighted by atomic mass is 32.2. The molecule has 0 aromatic rings. The molecule has 1 amide bonds. The first kappa shape index (κ1) is 13.2. The van der Waals surface area contributed by atoms with Crippen molar-refractivity contribution in [3.05, 3.63) is 0 Å². The highest BCUT2D eigenvalue weighted by molar-refractivity contribution is 7.99. The summed E-state index contributed by atoms with van der Waals surface area (Å²) in [6.45, 7) is 5.03. The van der Waals surface area contributed by atoms with Gasteiger partial charge in [-0.15, -0.1) is 0 Å². The van der Waals surface area contributed by atoms with Gasteiger partial charge in [-0.05, 0) is 44.1 Å². The number of amides is 1. The van der Waals surface area contributed by atoms with E-state index in [1.807, 2.05) is 0 Å². The first-order valence-corrected chi connectivity index (χ1v) is 7.21. The molecule has 0 spiro atoms. The van der Waals surface area contributed by atoms with E-state index >= 15 is 0 Å². The Labute approximate surface area is 102 Å². The van der Waals surface area contributed by atoms with Gasteiger partial charge in [0.1, 0.15) is 0 Å². The molecule has 1 rings (SSSR count). The van der Waals surface area contributed by atoms with Gasteiger partial charge in [-0.2, -0.15) is 24.4 Å². The van der Waals surface area contributed by atoms with Crippen LogP contribution in [0.5, 0.6) is 0 Å². The van der Waals surface area contributed by atoms with Crippen molar-refractivity contribution in [1.82, 2.24) is 5.32 Å². The second-order valence-corrected chi connectivity index (χ2v) is 6.91. The zero-order chi connectivity index (χ0) is 11.5. The Hall–Kier alpha value is 0.170. The van der Waals surface area contributed by atoms with Crippen molar-refractivity contribution < 1.29 is 4.79 Å². The molecule has 0 saturated heterocycles. The van der Waals surface area contributed by atoms with Crippen LogP contribution in [-0.2, 0) is 4.79 Å². The summed E-state index contributed by atoms with van der Waals surface area (Å²) in [6.07, 6.45) is 5.05. The smallest absolute Gasteiger partial charge is 0.220 e. The lowest BCUT2D eigenvalue weighted by Crippen LogP contribution is -2.37. The average molecular weight is 247 g/mol. The summed E-state index contributed by atoms with van der Waals surface area (Å²) in [5.41, 5.74) is 0.233. The molecule has 0 bridgehead atoms. The summed E-state index contributed by atoms with van der Waals surface area (Å²) in [7, 11) is 0. The third kappa shape index (κ3) is 4.27. The maximum Gasteiger partial charge on any atom is 0.220 e. The Kier molecular flexibility index (Phi) is 4.41. The molecule has 15 heavy (non-hydrogen) atoms. The molecule has 1 aliphatic carbocycles. The van der Waals surface area contributed by atoms with Crippen molar-refractivity contribution in [2.75, 3.05) is 18.6 Å². The molecule has 0 unspecified atom stereocenters. The third-order valence-corrected chi connectivity index (χ3v) is 5.01. The number of rotatable bonds is 6. The Balaban J connectivity index is 2.25. The minimum atomic E-state index is 0.132. The minimum Gasteiger partial charge on any atom is -0.355 e. The van der Waals surface area contributed by atoms with Crippen molar-refractivity contribution in [2.24, 2.45) is 5.41 Å². The number of nitrogens with one attached hydrogen (secondary N) is 1. The lowest BCUT2D eigenvalue weighted by atomic mass is 10.0. The Morgan fingerprint density at radius 2 is 2.13 bits per heavy atom. The van der Waals surface area contributed by atoms with Gasteiger partial charge in [-0.25, -0.2) is 0 Å². The Morgan fingerprint density at radius 3 is 2.53 bits per heavy atom. The topological polar surface area (TPSA) is 29.1 Å². The van der Waals surface area contributed by atoms with Crippen molar-refractivity contribution in [3.63, 3.8) is 0 Å². The SMILES string of the molecule is CSC(C)(C)CNC(=O)CC1(CS)CC1. The Morgan fingerprint density at radius 1 is 1.53 bits per heavy atom. The fraction of sp³-hybridized carbons (Fsp3) is 0.909. The molecule has 2 nitrogen and oxygen atoms in total. The molecule has 0 radical (unpaired) electrons. The van der Waals surface area contributed by atoms with E-state index in [-0.39, 0.29) is 16.1 Å². The van der Waals surface area contributed by atoms with Gasteiger partial charge in [-0.3, -0.25) is 4.79 Å². The van der Waals surface area contributed by atoms with Gasteiger partial charge in [0.05, 0.1) is 0 Å². The van der Waals surface area contributed by atoms with Gasteiger partial charge in [0.15, 0.2) is 0 Å². The average Bonchev–Trinajstić information content (AvgIpc) is 2.96. The molecule has 1 aliphatic rings. The Bertz CT molecular complexity index is 237. The van der Waals surface area contributed by atoms with E-state index in [4.69, 9.17) is 0 Å². The predicted octanol–water partition coefficient (Wildman–Crippen LogP) is 2.34. The summed E-state index contributed by atoms with van der Waals surface area (Å²) in [4.78, 5) is 11.7. The van der Waals surface area contributed by atoms with Crippen LogP contribution in [0.1, 0.15) is 33.1 Å². The normalized spacial score (nSPS) is 18.7. The van der Waals surface area contributed by atoms with E-state index in [2.05, 4.69) is 38.0 Å². The van der Waals surface area contributed by atoms with E-state index in [1.54, 1.807) is 11.8 Å². The van der Waals surface area contributed by atoms with Crippen molar-refractivity contribution in [2.45, 2.75) is 37.9 Å². The highest BCUT2D eigenvalue weighted by Gasteiger charge is 2.42. The molecule has 1 saturated carbocycles. The maximum atomic E-state index is 11.7. The van der Waals surface area contributed by atoms with E-state index in [1.165, 1.54) is 0 Å². The molecule has 88 valence electrons. The van der Waals surface area contributed by atoms with Crippen LogP contribution in [0.3, 0.4) is 0 Å². The molecule has 4 heteroatoms. The second kappa shape index (κ2) is 5.00. The van der Waals surface area contributed by atoms with Crippen LogP contribution in [0, 0.1) is 5.41 Å². The quantitative estimate of drug-likeness (QED) is 0.706. The lowest BCUT2D eigenvalue weighted by molar-refractivity contribution is -0.122. The van der Waals surface area contributed by atoms with Gasteiger partial charge >= 0.3 is 0 Å². The van der Waals surface area contributed by atoms with E-state index in [0.29, 0.717) is 6.42 Å². The molecule has 0 aromatic carbocycles. The van der Waals surface area contributed by atoms with E-state index < -0.39 is 0 Å². The zero-order valence-electron chi connectivity index (χ0n) is 9.80. The lowest BCUT2D eigenvalue weighted by Gasteiger charge is -2.23. The predicted molar refractivity (Wildman–Crippen MR) is 70.7 cm³/mol. The first-order valence-electron chi connectivity index (χ1n) is 5.36. The van der Waals surface area contributed by atoms with Crippen LogP contribution in [0.15, 0.2) is 0 Å². The van der Waals surface area contributed by atoms with Crippen LogP contribution in [0.4, 0.5) is 0 Å².